The highest BCUT2D eigenvalue weighted by Gasteiger charge is 2.37. The Morgan fingerprint density at radius 1 is 1.29 bits per heavy atom. The lowest BCUT2D eigenvalue weighted by Gasteiger charge is -2.28. The Morgan fingerprint density at radius 2 is 2.12 bits per heavy atom. The van der Waals surface area contributed by atoms with E-state index in [2.05, 4.69) is 11.8 Å². The van der Waals surface area contributed by atoms with E-state index in [-0.39, 0.29) is 11.5 Å². The van der Waals surface area contributed by atoms with E-state index in [9.17, 15) is 10.2 Å². The first-order chi connectivity index (χ1) is 8.20. The molecule has 17 heavy (non-hydrogen) atoms. The van der Waals surface area contributed by atoms with Crippen LogP contribution in [0.1, 0.15) is 30.4 Å². The first-order valence-electron chi connectivity index (χ1n) is 6.46. The molecular formula is C14H19NO2. The summed E-state index contributed by atoms with van der Waals surface area (Å²) >= 11 is 0. The van der Waals surface area contributed by atoms with Gasteiger partial charge in [-0.05, 0) is 36.9 Å². The van der Waals surface area contributed by atoms with E-state index in [1.807, 2.05) is 6.07 Å². The molecule has 0 spiro atoms. The van der Waals surface area contributed by atoms with Gasteiger partial charge in [0, 0.05) is 24.6 Å². The van der Waals surface area contributed by atoms with Gasteiger partial charge in [0.15, 0.2) is 11.5 Å². The number of aromatic hydroxyl groups is 2. The maximum atomic E-state index is 9.92. The fourth-order valence-corrected chi connectivity index (χ4v) is 3.44. The highest BCUT2D eigenvalue weighted by Crippen LogP contribution is 2.46. The number of likely N-dealkylation sites (N-methyl/N-ethyl adjacent to an activating group) is 1. The molecule has 1 aromatic rings. The minimum atomic E-state index is 0.0209. The summed E-state index contributed by atoms with van der Waals surface area (Å²) in [5.74, 6) is 1.40. The van der Waals surface area contributed by atoms with Crippen LogP contribution in [0.5, 0.6) is 11.5 Å². The van der Waals surface area contributed by atoms with Crippen LogP contribution >= 0.6 is 0 Å². The smallest absolute Gasteiger partial charge is 0.160 e. The standard InChI is InChI=1S/C14H19NO2/c1-2-15-7-9-3-4-11-10(12(9)8-15)5-6-13(16)14(11)17/h5-6,9,12,16-17H,2-4,7-8H2,1H3/t9-,12-/m0/s1. The van der Waals surface area contributed by atoms with Crippen molar-refractivity contribution in [3.05, 3.63) is 23.3 Å². The summed E-state index contributed by atoms with van der Waals surface area (Å²) in [6, 6.07) is 3.63. The van der Waals surface area contributed by atoms with Crippen LogP contribution in [0.25, 0.3) is 0 Å². The third-order valence-corrected chi connectivity index (χ3v) is 4.43. The van der Waals surface area contributed by atoms with E-state index >= 15 is 0 Å². The van der Waals surface area contributed by atoms with Gasteiger partial charge in [0.2, 0.25) is 0 Å². The molecule has 0 amide bonds. The van der Waals surface area contributed by atoms with Crippen molar-refractivity contribution in [2.45, 2.75) is 25.7 Å². The third-order valence-electron chi connectivity index (χ3n) is 4.43. The van der Waals surface area contributed by atoms with E-state index in [0.29, 0.717) is 5.92 Å². The van der Waals surface area contributed by atoms with Crippen molar-refractivity contribution in [2.75, 3.05) is 19.6 Å². The molecule has 0 aromatic heterocycles. The fourth-order valence-electron chi connectivity index (χ4n) is 3.44. The molecule has 1 fully saturated rings. The fraction of sp³-hybridized carbons (Fsp3) is 0.571. The number of phenolic OH excluding ortho intramolecular Hbond substituents is 2. The van der Waals surface area contributed by atoms with Gasteiger partial charge in [0.1, 0.15) is 0 Å². The summed E-state index contributed by atoms with van der Waals surface area (Å²) in [5, 5.41) is 19.5. The average Bonchev–Trinajstić information content (AvgIpc) is 2.76. The van der Waals surface area contributed by atoms with Gasteiger partial charge in [0.05, 0.1) is 0 Å². The molecule has 3 heteroatoms. The van der Waals surface area contributed by atoms with E-state index in [1.165, 1.54) is 12.1 Å². The van der Waals surface area contributed by atoms with Gasteiger partial charge in [-0.3, -0.25) is 0 Å². The summed E-state index contributed by atoms with van der Waals surface area (Å²) in [5.41, 5.74) is 2.23. The summed E-state index contributed by atoms with van der Waals surface area (Å²) in [7, 11) is 0. The second-order valence-corrected chi connectivity index (χ2v) is 5.26. The molecule has 1 saturated heterocycles. The van der Waals surface area contributed by atoms with E-state index in [0.717, 1.165) is 37.4 Å². The Morgan fingerprint density at radius 3 is 2.88 bits per heavy atom. The van der Waals surface area contributed by atoms with Crippen molar-refractivity contribution in [1.29, 1.82) is 0 Å². The molecule has 1 aliphatic heterocycles. The zero-order chi connectivity index (χ0) is 12.0. The molecule has 0 unspecified atom stereocenters. The molecule has 0 saturated carbocycles. The van der Waals surface area contributed by atoms with Crippen LogP contribution in [0.15, 0.2) is 12.1 Å². The molecule has 3 nitrogen and oxygen atoms in total. The molecule has 2 aliphatic rings. The largest absolute Gasteiger partial charge is 0.504 e. The molecule has 2 N–H and O–H groups in total. The Hall–Kier alpha value is -1.22. The van der Waals surface area contributed by atoms with Crippen molar-refractivity contribution in [2.24, 2.45) is 5.92 Å². The SMILES string of the molecule is CCN1C[C@@H]2CCc3c(ccc(O)c3O)[C@H]2C1. The van der Waals surface area contributed by atoms with Gasteiger partial charge in [-0.2, -0.15) is 0 Å². The van der Waals surface area contributed by atoms with Gasteiger partial charge >= 0.3 is 0 Å². The molecule has 1 aliphatic carbocycles. The number of benzene rings is 1. The van der Waals surface area contributed by atoms with E-state index < -0.39 is 0 Å². The van der Waals surface area contributed by atoms with Crippen molar-refractivity contribution in [1.82, 2.24) is 4.90 Å². The van der Waals surface area contributed by atoms with E-state index in [1.54, 1.807) is 6.07 Å². The summed E-state index contributed by atoms with van der Waals surface area (Å²) in [4.78, 5) is 2.48. The number of fused-ring (bicyclic) bond motifs is 3. The number of phenols is 2. The van der Waals surface area contributed by atoms with Gasteiger partial charge in [-0.1, -0.05) is 13.0 Å². The molecule has 1 aromatic carbocycles. The molecular weight excluding hydrogens is 214 g/mol. The van der Waals surface area contributed by atoms with Gasteiger partial charge in [0.25, 0.3) is 0 Å². The highest BCUT2D eigenvalue weighted by molar-refractivity contribution is 5.51. The number of rotatable bonds is 1. The monoisotopic (exact) mass is 233 g/mol. The predicted molar refractivity (Wildman–Crippen MR) is 66.4 cm³/mol. The Kier molecular flexibility index (Phi) is 2.51. The summed E-state index contributed by atoms with van der Waals surface area (Å²) in [6.45, 7) is 5.58. The quantitative estimate of drug-likeness (QED) is 0.730. The van der Waals surface area contributed by atoms with Crippen LogP contribution < -0.4 is 0 Å². The molecule has 0 radical (unpaired) electrons. The first kappa shape index (κ1) is 10.9. The Labute approximate surface area is 102 Å². The van der Waals surface area contributed by atoms with Crippen LogP contribution in [0.2, 0.25) is 0 Å². The summed E-state index contributed by atoms with van der Waals surface area (Å²) < 4.78 is 0. The predicted octanol–water partition coefficient (Wildman–Crippen LogP) is 2.08. The number of hydrogen-bond acceptors (Lipinski definition) is 3. The second kappa shape index (κ2) is 3.91. The highest BCUT2D eigenvalue weighted by atomic mass is 16.3. The topological polar surface area (TPSA) is 43.7 Å². The normalized spacial score (nSPS) is 27.8. The van der Waals surface area contributed by atoms with Crippen LogP contribution in [0.3, 0.4) is 0 Å². The zero-order valence-corrected chi connectivity index (χ0v) is 10.2. The van der Waals surface area contributed by atoms with Crippen molar-refractivity contribution < 1.29 is 10.2 Å². The van der Waals surface area contributed by atoms with Gasteiger partial charge < -0.3 is 15.1 Å². The summed E-state index contributed by atoms with van der Waals surface area (Å²) in [6.07, 6.45) is 2.03. The minimum absolute atomic E-state index is 0.0209. The van der Waals surface area contributed by atoms with Gasteiger partial charge in [-0.15, -0.1) is 0 Å². The first-order valence-corrected chi connectivity index (χ1v) is 6.46. The Bertz CT molecular complexity index is 444. The number of hydrogen-bond donors (Lipinski definition) is 2. The lowest BCUT2D eigenvalue weighted by Crippen LogP contribution is -2.19. The minimum Gasteiger partial charge on any atom is -0.504 e. The average molecular weight is 233 g/mol. The molecule has 0 bridgehead atoms. The van der Waals surface area contributed by atoms with Crippen LogP contribution in [0, 0.1) is 5.92 Å². The lowest BCUT2D eigenvalue weighted by atomic mass is 9.77. The van der Waals surface area contributed by atoms with Crippen LogP contribution in [0.4, 0.5) is 0 Å². The molecule has 3 rings (SSSR count). The van der Waals surface area contributed by atoms with Crippen molar-refractivity contribution >= 4 is 0 Å². The van der Waals surface area contributed by atoms with E-state index in [4.69, 9.17) is 0 Å². The van der Waals surface area contributed by atoms with Crippen molar-refractivity contribution in [3.8, 4) is 11.5 Å². The zero-order valence-electron chi connectivity index (χ0n) is 10.2. The van der Waals surface area contributed by atoms with Crippen molar-refractivity contribution in [3.63, 3.8) is 0 Å². The van der Waals surface area contributed by atoms with Gasteiger partial charge in [-0.25, -0.2) is 0 Å². The molecule has 1 heterocycles. The third kappa shape index (κ3) is 1.61. The Balaban J connectivity index is 2.00. The van der Waals surface area contributed by atoms with Crippen LogP contribution in [-0.4, -0.2) is 34.7 Å². The lowest BCUT2D eigenvalue weighted by molar-refractivity contribution is 0.337. The maximum Gasteiger partial charge on any atom is 0.160 e. The van der Waals surface area contributed by atoms with Crippen LogP contribution in [-0.2, 0) is 6.42 Å². The molecule has 2 atom stereocenters. The number of nitrogens with zero attached hydrogens (tertiary/aromatic N) is 1. The number of likely N-dealkylation sites (tertiary alicyclic amines) is 1. The molecule has 92 valence electrons. The second-order valence-electron chi connectivity index (χ2n) is 5.26. The maximum absolute atomic E-state index is 9.92.